The number of hydrogen-bond acceptors (Lipinski definition) is 4. The van der Waals surface area contributed by atoms with Gasteiger partial charge in [-0.15, -0.1) is 0 Å². The number of benzene rings is 1. The molecule has 1 rings (SSSR count). The molecule has 0 spiro atoms. The first kappa shape index (κ1) is 20.7. The van der Waals surface area contributed by atoms with Crippen LogP contribution in [0.4, 0.5) is 0 Å². The Kier molecular flexibility index (Phi) is 8.67. The molecule has 6 nitrogen and oxygen atoms in total. The van der Waals surface area contributed by atoms with E-state index in [1.165, 1.54) is 6.92 Å². The average Bonchev–Trinajstić information content (AvgIpc) is 2.59. The van der Waals surface area contributed by atoms with Crippen LogP contribution in [0.5, 0.6) is 0 Å². The Morgan fingerprint density at radius 2 is 1.72 bits per heavy atom. The Morgan fingerprint density at radius 3 is 2.24 bits per heavy atom. The smallest absolute Gasteiger partial charge is 0.328 e. The highest BCUT2D eigenvalue weighted by molar-refractivity contribution is 5.90. The summed E-state index contributed by atoms with van der Waals surface area (Å²) in [5, 5.41) is 5.41. The summed E-state index contributed by atoms with van der Waals surface area (Å²) < 4.78 is 5.08. The van der Waals surface area contributed by atoms with Gasteiger partial charge in [-0.3, -0.25) is 9.59 Å². The van der Waals surface area contributed by atoms with E-state index in [1.807, 2.05) is 44.2 Å². The van der Waals surface area contributed by atoms with E-state index in [0.29, 0.717) is 6.42 Å². The maximum atomic E-state index is 12.7. The van der Waals surface area contributed by atoms with Gasteiger partial charge < -0.3 is 15.4 Å². The van der Waals surface area contributed by atoms with Gasteiger partial charge in [-0.2, -0.15) is 0 Å². The van der Waals surface area contributed by atoms with Gasteiger partial charge in [0, 0.05) is 13.3 Å². The van der Waals surface area contributed by atoms with E-state index in [0.717, 1.165) is 12.0 Å². The molecule has 1 aromatic rings. The van der Waals surface area contributed by atoms with Crippen LogP contribution >= 0.6 is 0 Å². The molecule has 3 atom stereocenters. The van der Waals surface area contributed by atoms with Crippen molar-refractivity contribution in [1.82, 2.24) is 10.6 Å². The molecule has 0 bridgehead atoms. The van der Waals surface area contributed by atoms with Gasteiger partial charge >= 0.3 is 5.97 Å². The number of rotatable bonds is 9. The summed E-state index contributed by atoms with van der Waals surface area (Å²) in [6, 6.07) is 7.93. The Hall–Kier alpha value is -2.37. The lowest BCUT2D eigenvalue weighted by Crippen LogP contribution is -2.54. The molecule has 25 heavy (non-hydrogen) atoms. The second-order valence-electron chi connectivity index (χ2n) is 6.07. The van der Waals surface area contributed by atoms with E-state index < -0.39 is 18.1 Å². The minimum Gasteiger partial charge on any atom is -0.464 e. The predicted octanol–water partition coefficient (Wildman–Crippen LogP) is 1.83. The molecule has 2 amide bonds. The molecular weight excluding hydrogens is 320 g/mol. The highest BCUT2D eigenvalue weighted by atomic mass is 16.5. The molecule has 0 saturated carbocycles. The quantitative estimate of drug-likeness (QED) is 0.667. The molecule has 2 N–H and O–H groups in total. The molecular formula is C19H28N2O4. The van der Waals surface area contributed by atoms with Gasteiger partial charge in [-0.25, -0.2) is 4.79 Å². The van der Waals surface area contributed by atoms with Crippen LogP contribution in [-0.4, -0.2) is 36.5 Å². The maximum absolute atomic E-state index is 12.7. The number of nitrogens with one attached hydrogen (secondary N) is 2. The fourth-order valence-electron chi connectivity index (χ4n) is 2.47. The summed E-state index contributed by atoms with van der Waals surface area (Å²) in [7, 11) is 0. The first-order valence-electron chi connectivity index (χ1n) is 8.67. The molecule has 0 radical (unpaired) electrons. The van der Waals surface area contributed by atoms with Gasteiger partial charge in [-0.1, -0.05) is 50.6 Å². The van der Waals surface area contributed by atoms with Crippen molar-refractivity contribution >= 4 is 17.8 Å². The minimum absolute atomic E-state index is 0.0523. The second kappa shape index (κ2) is 10.5. The minimum atomic E-state index is -0.796. The highest BCUT2D eigenvalue weighted by Gasteiger charge is 2.29. The summed E-state index contributed by atoms with van der Waals surface area (Å²) in [6.45, 7) is 7.16. The largest absolute Gasteiger partial charge is 0.464 e. The van der Waals surface area contributed by atoms with Crippen molar-refractivity contribution in [2.24, 2.45) is 5.92 Å². The number of carbonyl (C=O) groups is 3. The van der Waals surface area contributed by atoms with Crippen LogP contribution in [0.2, 0.25) is 0 Å². The number of ether oxygens (including phenoxy) is 1. The zero-order valence-electron chi connectivity index (χ0n) is 15.4. The lowest BCUT2D eigenvalue weighted by atomic mass is 9.97. The monoisotopic (exact) mass is 348 g/mol. The van der Waals surface area contributed by atoms with Crippen molar-refractivity contribution in [2.45, 2.75) is 52.6 Å². The van der Waals surface area contributed by atoms with Crippen LogP contribution in [0.3, 0.4) is 0 Å². The van der Waals surface area contributed by atoms with Crippen LogP contribution in [0.15, 0.2) is 30.3 Å². The molecule has 0 aliphatic carbocycles. The van der Waals surface area contributed by atoms with Crippen LogP contribution in [0, 0.1) is 5.92 Å². The topological polar surface area (TPSA) is 84.5 Å². The predicted molar refractivity (Wildman–Crippen MR) is 95.8 cm³/mol. The van der Waals surface area contributed by atoms with Gasteiger partial charge in [0.1, 0.15) is 12.1 Å². The Balaban J connectivity index is 2.91. The standard InChI is InChI=1S/C19H28N2O4/c1-5-13(3)17(20-14(4)22)18(23)21-16(19(24)25-6-2)12-15-10-8-7-9-11-15/h7-11,13,16-17H,5-6,12H2,1-4H3,(H,20,22)(H,21,23). The summed E-state index contributed by atoms with van der Waals surface area (Å²) in [4.78, 5) is 36.3. The number of amides is 2. The normalized spacial score (nSPS) is 14.1. The lowest BCUT2D eigenvalue weighted by molar-refractivity contribution is -0.147. The molecule has 3 unspecified atom stereocenters. The van der Waals surface area contributed by atoms with E-state index >= 15 is 0 Å². The molecule has 0 heterocycles. The Labute approximate surface area is 149 Å². The molecule has 0 fully saturated rings. The van der Waals surface area contributed by atoms with Crippen LogP contribution < -0.4 is 10.6 Å². The first-order chi connectivity index (χ1) is 11.9. The summed E-state index contributed by atoms with van der Waals surface area (Å²) in [5.74, 6) is -1.19. The maximum Gasteiger partial charge on any atom is 0.328 e. The zero-order chi connectivity index (χ0) is 18.8. The van der Waals surface area contributed by atoms with Crippen molar-refractivity contribution in [3.63, 3.8) is 0 Å². The number of carbonyl (C=O) groups excluding carboxylic acids is 3. The number of esters is 1. The van der Waals surface area contributed by atoms with Gasteiger partial charge in [-0.05, 0) is 18.4 Å². The molecule has 0 aliphatic heterocycles. The molecule has 0 saturated heterocycles. The third-order valence-electron chi connectivity index (χ3n) is 4.02. The molecule has 0 aliphatic rings. The fraction of sp³-hybridized carbons (Fsp3) is 0.526. The average molecular weight is 348 g/mol. The van der Waals surface area contributed by atoms with E-state index in [2.05, 4.69) is 10.6 Å². The van der Waals surface area contributed by atoms with E-state index in [9.17, 15) is 14.4 Å². The van der Waals surface area contributed by atoms with Gasteiger partial charge in [0.2, 0.25) is 11.8 Å². The SMILES string of the molecule is CCOC(=O)C(Cc1ccccc1)NC(=O)C(NC(C)=O)C(C)CC. The third kappa shape index (κ3) is 6.95. The Morgan fingerprint density at radius 1 is 1.08 bits per heavy atom. The molecule has 138 valence electrons. The van der Waals surface area contributed by atoms with Crippen molar-refractivity contribution < 1.29 is 19.1 Å². The van der Waals surface area contributed by atoms with Crippen molar-refractivity contribution in [3.8, 4) is 0 Å². The number of hydrogen-bond donors (Lipinski definition) is 2. The fourth-order valence-corrected chi connectivity index (χ4v) is 2.47. The molecule has 6 heteroatoms. The van der Waals surface area contributed by atoms with Gasteiger partial charge in [0.15, 0.2) is 0 Å². The van der Waals surface area contributed by atoms with Crippen LogP contribution in [0.1, 0.15) is 39.7 Å². The van der Waals surface area contributed by atoms with Crippen LogP contribution in [0.25, 0.3) is 0 Å². The van der Waals surface area contributed by atoms with Crippen molar-refractivity contribution in [1.29, 1.82) is 0 Å². The first-order valence-corrected chi connectivity index (χ1v) is 8.67. The second-order valence-corrected chi connectivity index (χ2v) is 6.07. The molecule has 1 aromatic carbocycles. The molecule has 0 aromatic heterocycles. The zero-order valence-corrected chi connectivity index (χ0v) is 15.4. The Bertz CT molecular complexity index is 574. The summed E-state index contributed by atoms with van der Waals surface area (Å²) >= 11 is 0. The van der Waals surface area contributed by atoms with Gasteiger partial charge in [0.05, 0.1) is 6.61 Å². The van der Waals surface area contributed by atoms with Crippen LogP contribution in [-0.2, 0) is 25.5 Å². The van der Waals surface area contributed by atoms with E-state index in [-0.39, 0.29) is 24.3 Å². The van der Waals surface area contributed by atoms with E-state index in [4.69, 9.17) is 4.74 Å². The lowest BCUT2D eigenvalue weighted by Gasteiger charge is -2.25. The summed E-state index contributed by atoms with van der Waals surface area (Å²) in [6.07, 6.45) is 1.06. The third-order valence-corrected chi connectivity index (χ3v) is 4.02. The van der Waals surface area contributed by atoms with Crippen molar-refractivity contribution in [3.05, 3.63) is 35.9 Å². The van der Waals surface area contributed by atoms with Gasteiger partial charge in [0.25, 0.3) is 0 Å². The van der Waals surface area contributed by atoms with Crippen molar-refractivity contribution in [2.75, 3.05) is 6.61 Å². The summed E-state index contributed by atoms with van der Waals surface area (Å²) in [5.41, 5.74) is 0.917. The highest BCUT2D eigenvalue weighted by Crippen LogP contribution is 2.10. The van der Waals surface area contributed by atoms with E-state index in [1.54, 1.807) is 6.92 Å².